The first-order chi connectivity index (χ1) is 9.93. The van der Waals surface area contributed by atoms with E-state index in [-0.39, 0.29) is 5.91 Å². The number of nitrogens with two attached hydrogens (primary N) is 1. The van der Waals surface area contributed by atoms with Gasteiger partial charge in [-0.2, -0.15) is 0 Å². The number of carbonyl (C=O) groups excluding carboxylic acids is 1. The number of nitrogens with zero attached hydrogens (tertiary/aromatic N) is 1. The zero-order chi connectivity index (χ0) is 15.8. The van der Waals surface area contributed by atoms with Crippen molar-refractivity contribution in [1.29, 1.82) is 0 Å². The Morgan fingerprint density at radius 2 is 2.00 bits per heavy atom. The van der Waals surface area contributed by atoms with Crippen LogP contribution >= 0.6 is 23.2 Å². The van der Waals surface area contributed by atoms with E-state index in [1.165, 1.54) is 12.8 Å². The first-order valence-electron chi connectivity index (χ1n) is 7.17. The molecular weight excluding hydrogens is 309 g/mol. The number of amides is 1. The fourth-order valence-electron chi connectivity index (χ4n) is 1.96. The van der Waals surface area contributed by atoms with Crippen LogP contribution in [0.15, 0.2) is 12.1 Å². The number of halogens is 2. The van der Waals surface area contributed by atoms with Crippen LogP contribution in [0.2, 0.25) is 10.0 Å². The van der Waals surface area contributed by atoms with Crippen molar-refractivity contribution in [1.82, 2.24) is 4.90 Å². The lowest BCUT2D eigenvalue weighted by Crippen LogP contribution is -2.25. The van der Waals surface area contributed by atoms with Gasteiger partial charge in [0.25, 0.3) is 0 Å². The third kappa shape index (κ3) is 6.55. The molecule has 0 aliphatic rings. The number of nitrogens with one attached hydrogen (secondary N) is 1. The van der Waals surface area contributed by atoms with Crippen molar-refractivity contribution in [2.24, 2.45) is 0 Å². The van der Waals surface area contributed by atoms with Gasteiger partial charge in [0, 0.05) is 18.0 Å². The molecule has 0 aliphatic heterocycles. The third-order valence-electron chi connectivity index (χ3n) is 3.21. The second-order valence-electron chi connectivity index (χ2n) is 5.16. The number of hydrogen-bond acceptors (Lipinski definition) is 3. The zero-order valence-electron chi connectivity index (χ0n) is 12.6. The van der Waals surface area contributed by atoms with Crippen molar-refractivity contribution in [3.8, 4) is 0 Å². The molecule has 0 atom stereocenters. The summed E-state index contributed by atoms with van der Waals surface area (Å²) in [7, 11) is 2.02. The summed E-state index contributed by atoms with van der Waals surface area (Å²) in [6, 6.07) is 3.13. The Labute approximate surface area is 136 Å². The SMILES string of the molecule is CCCCCN(C)CCC(=O)Nc1c(N)cc(Cl)cc1Cl. The lowest BCUT2D eigenvalue weighted by molar-refractivity contribution is -0.116. The van der Waals surface area contributed by atoms with Crippen LogP contribution in [0.5, 0.6) is 0 Å². The molecule has 0 spiro atoms. The molecule has 21 heavy (non-hydrogen) atoms. The van der Waals surface area contributed by atoms with Crippen LogP contribution in [-0.4, -0.2) is 30.9 Å². The highest BCUT2D eigenvalue weighted by atomic mass is 35.5. The van der Waals surface area contributed by atoms with Gasteiger partial charge in [0.1, 0.15) is 0 Å². The Morgan fingerprint density at radius 3 is 2.62 bits per heavy atom. The highest BCUT2D eigenvalue weighted by Gasteiger charge is 2.11. The van der Waals surface area contributed by atoms with Crippen molar-refractivity contribution < 1.29 is 4.79 Å². The number of rotatable bonds is 8. The third-order valence-corrected chi connectivity index (χ3v) is 3.73. The lowest BCUT2D eigenvalue weighted by Gasteiger charge is -2.16. The van der Waals surface area contributed by atoms with E-state index in [1.54, 1.807) is 12.1 Å². The van der Waals surface area contributed by atoms with Crippen molar-refractivity contribution in [2.45, 2.75) is 32.6 Å². The normalized spacial score (nSPS) is 10.9. The summed E-state index contributed by atoms with van der Waals surface area (Å²) in [6.45, 7) is 3.89. The van der Waals surface area contributed by atoms with Crippen molar-refractivity contribution in [2.75, 3.05) is 31.2 Å². The number of benzene rings is 1. The molecule has 1 rings (SSSR count). The van der Waals surface area contributed by atoms with Gasteiger partial charge in [-0.15, -0.1) is 0 Å². The van der Waals surface area contributed by atoms with E-state index in [1.807, 2.05) is 7.05 Å². The van der Waals surface area contributed by atoms with Crippen LogP contribution in [0, 0.1) is 0 Å². The van der Waals surface area contributed by atoms with Crippen molar-refractivity contribution in [3.63, 3.8) is 0 Å². The molecule has 1 amide bonds. The summed E-state index contributed by atoms with van der Waals surface area (Å²) in [5.41, 5.74) is 6.62. The second kappa shape index (κ2) is 9.13. The molecule has 0 saturated heterocycles. The van der Waals surface area contributed by atoms with E-state index in [2.05, 4.69) is 17.1 Å². The van der Waals surface area contributed by atoms with Crippen LogP contribution in [0.4, 0.5) is 11.4 Å². The van der Waals surface area contributed by atoms with Gasteiger partial charge in [0.2, 0.25) is 5.91 Å². The van der Waals surface area contributed by atoms with Gasteiger partial charge < -0.3 is 16.0 Å². The molecule has 0 saturated carbocycles. The molecule has 118 valence electrons. The molecule has 6 heteroatoms. The van der Waals surface area contributed by atoms with Crippen LogP contribution in [0.1, 0.15) is 32.6 Å². The highest BCUT2D eigenvalue weighted by molar-refractivity contribution is 6.37. The van der Waals surface area contributed by atoms with Crippen molar-refractivity contribution >= 4 is 40.5 Å². The summed E-state index contributed by atoms with van der Waals surface area (Å²) in [5.74, 6) is -0.103. The number of nitrogen functional groups attached to an aromatic ring is 1. The molecule has 0 aromatic heterocycles. The Bertz CT molecular complexity index is 457. The highest BCUT2D eigenvalue weighted by Crippen LogP contribution is 2.32. The predicted octanol–water partition coefficient (Wildman–Crippen LogP) is 4.03. The Kier molecular flexibility index (Phi) is 7.86. The molecule has 3 N–H and O–H groups in total. The average Bonchev–Trinajstić information content (AvgIpc) is 2.41. The number of unbranched alkanes of at least 4 members (excludes halogenated alkanes) is 2. The summed E-state index contributed by atoms with van der Waals surface area (Å²) in [5, 5.41) is 3.55. The Morgan fingerprint density at radius 1 is 1.29 bits per heavy atom. The smallest absolute Gasteiger partial charge is 0.225 e. The van der Waals surface area contributed by atoms with Gasteiger partial charge in [-0.1, -0.05) is 43.0 Å². The summed E-state index contributed by atoms with van der Waals surface area (Å²) in [4.78, 5) is 14.1. The lowest BCUT2D eigenvalue weighted by atomic mass is 10.2. The maximum Gasteiger partial charge on any atom is 0.225 e. The fraction of sp³-hybridized carbons (Fsp3) is 0.533. The van der Waals surface area contributed by atoms with Gasteiger partial charge in [0.05, 0.1) is 16.4 Å². The molecule has 0 unspecified atom stereocenters. The molecule has 0 bridgehead atoms. The van der Waals surface area contributed by atoms with Crippen LogP contribution < -0.4 is 11.1 Å². The van der Waals surface area contributed by atoms with Gasteiger partial charge in [-0.3, -0.25) is 4.79 Å². The van der Waals surface area contributed by atoms with E-state index in [0.29, 0.717) is 34.4 Å². The molecule has 0 fully saturated rings. The topological polar surface area (TPSA) is 58.4 Å². The van der Waals surface area contributed by atoms with E-state index < -0.39 is 0 Å². The van der Waals surface area contributed by atoms with Gasteiger partial charge in [-0.05, 0) is 32.1 Å². The minimum atomic E-state index is -0.103. The maximum absolute atomic E-state index is 12.0. The molecular formula is C15H23Cl2N3O. The standard InChI is InChI=1S/C15H23Cl2N3O/c1-3-4-5-7-20(2)8-6-14(21)19-15-12(17)9-11(16)10-13(15)18/h9-10H,3-8,18H2,1-2H3,(H,19,21). The molecule has 0 radical (unpaired) electrons. The largest absolute Gasteiger partial charge is 0.397 e. The van der Waals surface area contributed by atoms with E-state index in [9.17, 15) is 4.79 Å². The van der Waals surface area contributed by atoms with Crippen LogP contribution in [0.25, 0.3) is 0 Å². The summed E-state index contributed by atoms with van der Waals surface area (Å²) in [6.07, 6.45) is 3.97. The number of carbonyl (C=O) groups is 1. The van der Waals surface area contributed by atoms with E-state index in [4.69, 9.17) is 28.9 Å². The Hall–Kier alpha value is -0.970. The molecule has 4 nitrogen and oxygen atoms in total. The first kappa shape index (κ1) is 18.1. The summed E-state index contributed by atoms with van der Waals surface area (Å²) < 4.78 is 0. The van der Waals surface area contributed by atoms with Gasteiger partial charge in [-0.25, -0.2) is 0 Å². The fourth-order valence-corrected chi connectivity index (χ4v) is 2.52. The molecule has 1 aromatic carbocycles. The van der Waals surface area contributed by atoms with E-state index in [0.717, 1.165) is 13.0 Å². The number of hydrogen-bond donors (Lipinski definition) is 2. The van der Waals surface area contributed by atoms with Crippen molar-refractivity contribution in [3.05, 3.63) is 22.2 Å². The number of anilines is 2. The summed E-state index contributed by atoms with van der Waals surface area (Å²) >= 11 is 11.9. The first-order valence-corrected chi connectivity index (χ1v) is 7.92. The van der Waals surface area contributed by atoms with E-state index >= 15 is 0 Å². The maximum atomic E-state index is 12.0. The van der Waals surface area contributed by atoms with Gasteiger partial charge in [0.15, 0.2) is 0 Å². The Balaban J connectivity index is 2.44. The quantitative estimate of drug-likeness (QED) is 0.558. The molecule has 1 aromatic rings. The van der Waals surface area contributed by atoms with Crippen LogP contribution in [-0.2, 0) is 4.79 Å². The van der Waals surface area contributed by atoms with Gasteiger partial charge >= 0.3 is 0 Å². The average molecular weight is 332 g/mol. The second-order valence-corrected chi connectivity index (χ2v) is 6.00. The van der Waals surface area contributed by atoms with Crippen LogP contribution in [0.3, 0.4) is 0 Å². The minimum Gasteiger partial charge on any atom is -0.397 e. The minimum absolute atomic E-state index is 0.103. The molecule has 0 heterocycles. The predicted molar refractivity (Wildman–Crippen MR) is 91.1 cm³/mol. The molecule has 0 aliphatic carbocycles. The zero-order valence-corrected chi connectivity index (χ0v) is 14.1. The monoisotopic (exact) mass is 331 g/mol.